The lowest BCUT2D eigenvalue weighted by Gasteiger charge is -2.43. The number of carbonyl (C=O) groups is 5. The third-order valence-electron chi connectivity index (χ3n) is 23.7. The van der Waals surface area contributed by atoms with Gasteiger partial charge in [0.15, 0.2) is 12.3 Å². The Hall–Kier alpha value is -8.10. The van der Waals surface area contributed by atoms with E-state index in [0.717, 1.165) is 46.1 Å². The number of likely N-dealkylation sites (tertiary alicyclic amines) is 1. The minimum Gasteiger partial charge on any atom is -0.459 e. The molecule has 33 nitrogen and oxygen atoms in total. The number of H-pyrrole nitrogens is 1. The summed E-state index contributed by atoms with van der Waals surface area (Å²) in [5.41, 5.74) is 21.2. The van der Waals surface area contributed by atoms with Gasteiger partial charge in [-0.3, -0.25) is 19.2 Å². The first-order chi connectivity index (χ1) is 59.2. The number of rotatable bonds is 52. The monoisotopic (exact) mass is 1720 g/mol. The molecule has 123 heavy (non-hydrogen) atoms. The van der Waals surface area contributed by atoms with Crippen molar-refractivity contribution in [2.75, 3.05) is 133 Å². The summed E-state index contributed by atoms with van der Waals surface area (Å²) in [5.74, 6) is -6.94. The van der Waals surface area contributed by atoms with Gasteiger partial charge in [-0.1, -0.05) is 89.2 Å². The molecule has 1 saturated carbocycles. The number of oxime groups is 1. The Kier molecular flexibility index (Phi) is 40.4. The number of nitrogens with one attached hydrogen (secondary N) is 2. The average Bonchev–Trinajstić information content (AvgIpc) is 1.76. The number of hydrogen-bond donors (Lipinski definition) is 8. The maximum atomic E-state index is 14.8. The first-order valence-corrected chi connectivity index (χ1v) is 43.8. The number of aliphatic hydroxyl groups is 4. The van der Waals surface area contributed by atoms with Crippen molar-refractivity contribution in [2.45, 2.75) is 231 Å². The quantitative estimate of drug-likeness (QED) is 0.00349. The number of amides is 3. The smallest absolute Gasteiger partial charge is 0.329 e. The number of allylic oxidation sites excluding steroid dienone is 3. The number of anilines is 1. The molecule has 9 rings (SSSR count). The van der Waals surface area contributed by atoms with Crippen LogP contribution in [0.4, 0.5) is 5.82 Å². The molecule has 3 fully saturated rings. The number of aromatic nitrogens is 6. The van der Waals surface area contributed by atoms with Crippen LogP contribution in [0.25, 0.3) is 33.3 Å². The molecule has 1 aliphatic carbocycles. The van der Waals surface area contributed by atoms with E-state index in [2.05, 4.69) is 48.6 Å². The van der Waals surface area contributed by atoms with E-state index in [1.54, 1.807) is 40.3 Å². The number of nitrogen functional groups attached to an aromatic ring is 1. The number of nitrogens with zero attached hydrogens (tertiary/aromatic N) is 8. The number of pyridine rings is 1. The van der Waals surface area contributed by atoms with E-state index >= 15 is 0 Å². The Morgan fingerprint density at radius 1 is 0.797 bits per heavy atom. The molecule has 0 bridgehead atoms. The van der Waals surface area contributed by atoms with Crippen LogP contribution < -0.4 is 16.8 Å². The zero-order valence-electron chi connectivity index (χ0n) is 73.9. The molecule has 2 saturated heterocycles. The minimum atomic E-state index is -2.46. The first kappa shape index (κ1) is 98.7. The maximum Gasteiger partial charge on any atom is 0.329 e. The maximum absolute atomic E-state index is 14.8. The van der Waals surface area contributed by atoms with Crippen LogP contribution in [0.15, 0.2) is 89.7 Å². The van der Waals surface area contributed by atoms with Crippen molar-refractivity contribution >= 4 is 63.1 Å². The second-order valence-electron chi connectivity index (χ2n) is 33.4. The number of esters is 1. The Labute approximate surface area is 723 Å². The van der Waals surface area contributed by atoms with Gasteiger partial charge in [0.1, 0.15) is 47.8 Å². The van der Waals surface area contributed by atoms with Gasteiger partial charge in [-0.05, 0) is 143 Å². The molecule has 1 aromatic carbocycles. The number of nitrogens with two attached hydrogens (primary N) is 2. The summed E-state index contributed by atoms with van der Waals surface area (Å²) in [4.78, 5) is 94.9. The summed E-state index contributed by atoms with van der Waals surface area (Å²) >= 11 is 0. The number of carbonyl (C=O) groups excluding carboxylic acids is 5. The number of aromatic amines is 1. The highest BCUT2D eigenvalue weighted by atomic mass is 16.6. The van der Waals surface area contributed by atoms with Crippen LogP contribution in [0.1, 0.15) is 162 Å². The zero-order chi connectivity index (χ0) is 88.5. The molecule has 5 aromatic rings. The van der Waals surface area contributed by atoms with Crippen molar-refractivity contribution in [2.24, 2.45) is 40.5 Å². The molecule has 15 atom stereocenters. The van der Waals surface area contributed by atoms with Gasteiger partial charge in [0.25, 0.3) is 17.6 Å². The van der Waals surface area contributed by atoms with Gasteiger partial charge < -0.3 is 109 Å². The molecule has 10 N–H and O–H groups in total. The summed E-state index contributed by atoms with van der Waals surface area (Å²) in [7, 11) is 4.65. The Balaban J connectivity index is 0.631. The van der Waals surface area contributed by atoms with Crippen LogP contribution in [0.5, 0.6) is 0 Å². The van der Waals surface area contributed by atoms with E-state index in [1.165, 1.54) is 23.9 Å². The molecule has 33 heteroatoms. The number of ether oxygens (including phenoxy) is 11. The molecule has 0 radical (unpaired) electrons. The van der Waals surface area contributed by atoms with Gasteiger partial charge in [0.05, 0.1) is 134 Å². The highest BCUT2D eigenvalue weighted by Crippen LogP contribution is 2.39. The molecule has 4 aromatic heterocycles. The number of Topliss-reactive ketones (excluding diaryl/α,β-unsaturated/α-hetero) is 1. The van der Waals surface area contributed by atoms with Gasteiger partial charge in [-0.2, -0.15) is 5.10 Å². The van der Waals surface area contributed by atoms with E-state index in [1.807, 2.05) is 87.7 Å². The topological polar surface area (TPSA) is 432 Å². The number of hydrogen-bond acceptors (Lipinski definition) is 28. The van der Waals surface area contributed by atoms with E-state index in [0.29, 0.717) is 178 Å². The van der Waals surface area contributed by atoms with Crippen molar-refractivity contribution in [3.05, 3.63) is 101 Å². The lowest BCUT2D eigenvalue weighted by atomic mass is 9.80. The average molecular weight is 1720 g/mol. The highest BCUT2D eigenvalue weighted by molar-refractivity contribution is 6.39. The van der Waals surface area contributed by atoms with E-state index in [9.17, 15) is 44.4 Å². The molecule has 0 unspecified atom stereocenters. The predicted octanol–water partition coefficient (Wildman–Crippen LogP) is 7.83. The van der Waals surface area contributed by atoms with Crippen molar-refractivity contribution in [3.63, 3.8) is 0 Å². The molecule has 4 aliphatic rings. The molecule has 7 heterocycles. The predicted molar refractivity (Wildman–Crippen MR) is 462 cm³/mol. The lowest BCUT2D eigenvalue weighted by Crippen LogP contribution is -2.61. The minimum absolute atomic E-state index is 0.00118. The highest BCUT2D eigenvalue weighted by Gasteiger charge is 2.53. The number of aliphatic hydroxyl groups excluding tert-OH is 3. The molecular formula is C90H136N12O21. The second-order valence-corrected chi connectivity index (χ2v) is 33.4. The normalized spacial score (nSPS) is 22.0. The van der Waals surface area contributed by atoms with Gasteiger partial charge >= 0.3 is 5.97 Å². The second kappa shape index (κ2) is 50.3. The van der Waals surface area contributed by atoms with Gasteiger partial charge in [0.2, 0.25) is 11.7 Å². The van der Waals surface area contributed by atoms with Crippen LogP contribution in [0, 0.1) is 29.6 Å². The SMILES string of the molecule is CC/C=C/C=C(\C)[C@H](C[C@@H]1CC[C@@H](C)[C@](O)(C(=O)C(=O)N2CCCC[C@H]2C(=O)O[C@@H](C[C@@H](OC)[C@H](C)/C=C(\C)[C@@H](O)[C@@H](O)C(=NOCC(=O)NCCOCCOCCOCCOCCOCCOCCC(=O)N2CCc3cc(Cn4nc(-c5cnc6[nH]ccc6c5)c5c(N)ncnc54)ccc3C2)[C@H](C)CC(C)C)[C@H](N)C[C@@H]2CC[C@@H](O)[C@H](OC)C2)O1)OC. The number of fused-ring (bicyclic) bond motifs is 3. The van der Waals surface area contributed by atoms with Crippen LogP contribution in [-0.2, 0) is 100 Å². The molecule has 682 valence electrons. The van der Waals surface area contributed by atoms with Gasteiger partial charge in [-0.15, -0.1) is 0 Å². The molecule has 3 aliphatic heterocycles. The van der Waals surface area contributed by atoms with E-state index in [4.69, 9.17) is 73.5 Å². The van der Waals surface area contributed by atoms with Crippen molar-refractivity contribution in [3.8, 4) is 11.3 Å². The van der Waals surface area contributed by atoms with Gasteiger partial charge in [0, 0.05) is 107 Å². The van der Waals surface area contributed by atoms with Crippen molar-refractivity contribution in [1.82, 2.24) is 44.8 Å². The standard InChI is InChI=1S/C90H136N12O21/c1-12-13-14-17-58(4)73(112-9)50-69-23-19-62(8)90(111,123-69)84(108)88(109)101-30-16-15-18-71(101)89(110)122-75(70(91)47-63-21-24-72(103)76(48-63)114-11)51-74(113-10)59(5)45-61(7)82(106)83(107)80(60(6)44-57(2)3)99-121-55-77(104)93-29-33-116-35-37-118-39-41-120-43-42-119-40-38-117-36-34-115-32-27-78(105)100-31-26-65-46-64(20-22-67(65)54-100)53-102-87-79(85(92)96-56-97-87)81(98-102)68-49-66-25-28-94-86(66)95-52-68/h13-14,17,20,22,25,28,45-46,49,52,56-57,59-60,62-63,69-76,82-83,103,106-107,111H,12,15-16,18-19,21,23-24,26-27,29-44,47-48,50-51,53-55,91H2,1-11H3,(H,93,104)(H,94,95)(H2,92,96,97)/b14-13+,58-17+,61-45+,99-80?/t59-,60-,62-,63+,69+,70-,71+,72-,73+,74-,75+,76-,82-,83+,90-/m1/s1. The van der Waals surface area contributed by atoms with Crippen molar-refractivity contribution < 1.29 is 101 Å². The summed E-state index contributed by atoms with van der Waals surface area (Å²) in [6.07, 6.45) is 13.1. The van der Waals surface area contributed by atoms with Crippen molar-refractivity contribution in [1.29, 1.82) is 0 Å². The third-order valence-corrected chi connectivity index (χ3v) is 23.7. The van der Waals surface area contributed by atoms with Crippen LogP contribution >= 0.6 is 0 Å². The fourth-order valence-electron chi connectivity index (χ4n) is 16.7. The lowest BCUT2D eigenvalue weighted by molar-refractivity contribution is -0.265. The Morgan fingerprint density at radius 2 is 1.50 bits per heavy atom. The zero-order valence-corrected chi connectivity index (χ0v) is 73.9. The fourth-order valence-corrected chi connectivity index (χ4v) is 16.7. The number of ketones is 1. The first-order valence-electron chi connectivity index (χ1n) is 43.8. The van der Waals surface area contributed by atoms with Crippen LogP contribution in [0.3, 0.4) is 0 Å². The Bertz CT molecular complexity index is 4270. The van der Waals surface area contributed by atoms with Crippen LogP contribution in [-0.4, -0.2) is 289 Å². The van der Waals surface area contributed by atoms with Crippen LogP contribution in [0.2, 0.25) is 0 Å². The summed E-state index contributed by atoms with van der Waals surface area (Å²) in [5, 5.41) is 60.1. The van der Waals surface area contributed by atoms with Gasteiger partial charge in [-0.25, -0.2) is 24.4 Å². The summed E-state index contributed by atoms with van der Waals surface area (Å²) in [6.45, 7) is 20.5. The summed E-state index contributed by atoms with van der Waals surface area (Å²) < 4.78 is 65.9. The summed E-state index contributed by atoms with van der Waals surface area (Å²) in [6, 6.07) is 8.36. The largest absolute Gasteiger partial charge is 0.459 e. The molecular weight excluding hydrogens is 1590 g/mol. The fraction of sp³-hybridized carbons (Fsp3) is 0.667. The van der Waals surface area contributed by atoms with E-state index < -0.39 is 103 Å². The number of methoxy groups -OCH3 is 3. The number of benzene rings is 1. The number of piperidine rings is 1. The third kappa shape index (κ3) is 29.0. The Morgan fingerprint density at radius 3 is 2.19 bits per heavy atom. The molecule has 0 spiro atoms. The van der Waals surface area contributed by atoms with E-state index in [-0.39, 0.29) is 81.0 Å². The molecule has 3 amide bonds.